The van der Waals surface area contributed by atoms with E-state index in [0.717, 1.165) is 57.2 Å². The van der Waals surface area contributed by atoms with Gasteiger partial charge in [-0.1, -0.05) is 38.1 Å². The molecule has 0 N–H and O–H groups in total. The molecular weight excluding hydrogens is 440 g/mol. The number of aromatic nitrogens is 1. The van der Waals surface area contributed by atoms with Gasteiger partial charge in [0.2, 0.25) is 5.69 Å². The number of hydrogen-bond donors (Lipinski definition) is 0. The van der Waals surface area contributed by atoms with Crippen LogP contribution in [0, 0.1) is 18.3 Å². The molecule has 0 bridgehead atoms. The predicted molar refractivity (Wildman–Crippen MR) is 146 cm³/mol. The van der Waals surface area contributed by atoms with Crippen molar-refractivity contribution in [1.29, 1.82) is 5.26 Å². The van der Waals surface area contributed by atoms with E-state index in [9.17, 15) is 5.26 Å². The van der Waals surface area contributed by atoms with E-state index in [1.807, 2.05) is 12.1 Å². The van der Waals surface area contributed by atoms with E-state index >= 15 is 0 Å². The lowest BCUT2D eigenvalue weighted by atomic mass is 9.81. The highest BCUT2D eigenvalue weighted by Gasteiger charge is 2.24. The molecule has 5 aromatic rings. The summed E-state index contributed by atoms with van der Waals surface area (Å²) in [5.74, 6) is 0.435. The molecule has 1 aliphatic rings. The molecule has 3 aromatic carbocycles. The molecule has 3 nitrogen and oxygen atoms in total. The number of pyridine rings is 1. The molecule has 2 heterocycles. The first-order chi connectivity index (χ1) is 17.5. The Morgan fingerprint density at radius 2 is 1.67 bits per heavy atom. The minimum absolute atomic E-state index is 0.435. The van der Waals surface area contributed by atoms with Gasteiger partial charge < -0.3 is 4.42 Å². The van der Waals surface area contributed by atoms with Crippen LogP contribution in [0.25, 0.3) is 44.3 Å². The van der Waals surface area contributed by atoms with E-state index in [0.29, 0.717) is 11.5 Å². The van der Waals surface area contributed by atoms with Gasteiger partial charge in [0.05, 0.1) is 17.2 Å². The van der Waals surface area contributed by atoms with E-state index in [1.165, 1.54) is 35.1 Å². The number of hydrogen-bond acceptors (Lipinski definition) is 2. The van der Waals surface area contributed by atoms with Crippen molar-refractivity contribution in [2.45, 2.75) is 52.4 Å². The highest BCUT2D eigenvalue weighted by atomic mass is 16.3. The zero-order valence-electron chi connectivity index (χ0n) is 21.5. The van der Waals surface area contributed by atoms with Crippen molar-refractivity contribution in [3.05, 3.63) is 88.6 Å². The van der Waals surface area contributed by atoms with Crippen molar-refractivity contribution in [3.8, 4) is 28.5 Å². The van der Waals surface area contributed by atoms with Crippen LogP contribution < -0.4 is 4.57 Å². The molecule has 0 amide bonds. The summed E-state index contributed by atoms with van der Waals surface area (Å²) in [7, 11) is 2.07. The average Bonchev–Trinajstić information content (AvgIpc) is 3.26. The topological polar surface area (TPSA) is 40.8 Å². The Bertz CT molecular complexity index is 1700. The summed E-state index contributed by atoms with van der Waals surface area (Å²) in [6, 6.07) is 21.7. The number of nitriles is 1. The highest BCUT2D eigenvalue weighted by molar-refractivity contribution is 6.14. The standard InChI is InChI=1S/C33H31N2O/c1-20(2)28-18-24(17-22-9-5-6-10-25(22)28)31-23(19-34)13-15-27-26-14-12-21(3)30(32(26)36-33(27)31)29-11-7-8-16-35(29)4/h7-8,11-18,20H,5-6,9-10H2,1-4H3/q+1. The van der Waals surface area contributed by atoms with Crippen molar-refractivity contribution < 1.29 is 8.98 Å². The minimum atomic E-state index is 0.435. The molecule has 36 heavy (non-hydrogen) atoms. The van der Waals surface area contributed by atoms with Crippen molar-refractivity contribution >= 4 is 21.9 Å². The molecule has 1 aliphatic carbocycles. The Morgan fingerprint density at radius 1 is 0.917 bits per heavy atom. The molecule has 0 atom stereocenters. The first kappa shape index (κ1) is 22.6. The number of aryl methyl sites for hydroxylation is 3. The number of fused-ring (bicyclic) bond motifs is 4. The molecule has 0 saturated carbocycles. The largest absolute Gasteiger partial charge is 0.454 e. The lowest BCUT2D eigenvalue weighted by Crippen LogP contribution is -2.30. The summed E-state index contributed by atoms with van der Waals surface area (Å²) >= 11 is 0. The Balaban J connectivity index is 1.70. The van der Waals surface area contributed by atoms with Crippen LogP contribution in [0.5, 0.6) is 0 Å². The Labute approximate surface area is 212 Å². The van der Waals surface area contributed by atoms with E-state index in [4.69, 9.17) is 4.42 Å². The third-order valence-electron chi connectivity index (χ3n) is 7.86. The van der Waals surface area contributed by atoms with Gasteiger partial charge in [0.15, 0.2) is 6.20 Å². The van der Waals surface area contributed by atoms with Crippen molar-refractivity contribution in [2.75, 3.05) is 0 Å². The van der Waals surface area contributed by atoms with Gasteiger partial charge in [0.25, 0.3) is 0 Å². The maximum Gasteiger partial charge on any atom is 0.216 e. The highest BCUT2D eigenvalue weighted by Crippen LogP contribution is 2.43. The Kier molecular flexibility index (Phi) is 5.41. The third kappa shape index (κ3) is 3.44. The molecule has 2 aromatic heterocycles. The lowest BCUT2D eigenvalue weighted by molar-refractivity contribution is -0.660. The molecule has 0 aliphatic heterocycles. The van der Waals surface area contributed by atoms with Crippen LogP contribution in [0.2, 0.25) is 0 Å². The number of nitrogens with zero attached hydrogens (tertiary/aromatic N) is 2. The van der Waals surface area contributed by atoms with Gasteiger partial charge in [-0.05, 0) is 84.5 Å². The smallest absolute Gasteiger partial charge is 0.216 e. The fraction of sp³-hybridized carbons (Fsp3) is 0.273. The summed E-state index contributed by atoms with van der Waals surface area (Å²) in [5.41, 5.74) is 12.1. The van der Waals surface area contributed by atoms with Crippen LogP contribution >= 0.6 is 0 Å². The molecular formula is C33H31N2O+. The van der Waals surface area contributed by atoms with Gasteiger partial charge in [-0.3, -0.25) is 0 Å². The molecule has 0 unspecified atom stereocenters. The quantitative estimate of drug-likeness (QED) is 0.251. The van der Waals surface area contributed by atoms with E-state index < -0.39 is 0 Å². The normalized spacial score (nSPS) is 13.3. The molecule has 6 rings (SSSR count). The summed E-state index contributed by atoms with van der Waals surface area (Å²) < 4.78 is 8.92. The molecule has 0 saturated heterocycles. The van der Waals surface area contributed by atoms with Crippen LogP contribution in [-0.2, 0) is 19.9 Å². The SMILES string of the molecule is Cc1ccc2c(oc3c(-c4cc5c(c(C(C)C)c4)CCCC5)c(C#N)ccc32)c1-c1cccc[n+]1C. The van der Waals surface area contributed by atoms with Crippen molar-refractivity contribution in [3.63, 3.8) is 0 Å². The second kappa shape index (κ2) is 8.64. The fourth-order valence-electron chi connectivity index (χ4n) is 6.04. The monoisotopic (exact) mass is 471 g/mol. The summed E-state index contributed by atoms with van der Waals surface area (Å²) in [6.45, 7) is 6.68. The Hall–Kier alpha value is -3.90. The van der Waals surface area contributed by atoms with Crippen LogP contribution in [0.15, 0.2) is 65.2 Å². The summed E-state index contributed by atoms with van der Waals surface area (Å²) in [5, 5.41) is 12.3. The zero-order valence-corrected chi connectivity index (χ0v) is 21.5. The number of rotatable bonds is 3. The summed E-state index contributed by atoms with van der Waals surface area (Å²) in [4.78, 5) is 0. The van der Waals surface area contributed by atoms with Crippen molar-refractivity contribution in [1.82, 2.24) is 0 Å². The number of furan rings is 1. The second-order valence-electron chi connectivity index (χ2n) is 10.5. The van der Waals surface area contributed by atoms with Crippen LogP contribution in [-0.4, -0.2) is 0 Å². The van der Waals surface area contributed by atoms with Gasteiger partial charge in [0.1, 0.15) is 18.2 Å². The summed E-state index contributed by atoms with van der Waals surface area (Å²) in [6.07, 6.45) is 6.81. The molecule has 0 fully saturated rings. The predicted octanol–water partition coefficient (Wildman–Crippen LogP) is 7.93. The first-order valence-electron chi connectivity index (χ1n) is 13.0. The van der Waals surface area contributed by atoms with Crippen LogP contribution in [0.1, 0.15) is 60.4 Å². The zero-order chi connectivity index (χ0) is 25.0. The minimum Gasteiger partial charge on any atom is -0.454 e. The van der Waals surface area contributed by atoms with E-state index in [2.05, 4.69) is 87.1 Å². The van der Waals surface area contributed by atoms with E-state index in [-0.39, 0.29) is 0 Å². The van der Waals surface area contributed by atoms with Gasteiger partial charge in [-0.25, -0.2) is 4.57 Å². The second-order valence-corrected chi connectivity index (χ2v) is 10.5. The third-order valence-corrected chi connectivity index (χ3v) is 7.86. The van der Waals surface area contributed by atoms with Gasteiger partial charge in [0, 0.05) is 28.5 Å². The van der Waals surface area contributed by atoms with Gasteiger partial charge >= 0.3 is 0 Å². The number of benzene rings is 3. The maximum absolute atomic E-state index is 10.1. The Morgan fingerprint density at radius 3 is 2.42 bits per heavy atom. The molecule has 178 valence electrons. The first-order valence-corrected chi connectivity index (χ1v) is 13.0. The van der Waals surface area contributed by atoms with Crippen LogP contribution in [0.4, 0.5) is 0 Å². The van der Waals surface area contributed by atoms with Crippen LogP contribution in [0.3, 0.4) is 0 Å². The fourth-order valence-corrected chi connectivity index (χ4v) is 6.04. The average molecular weight is 472 g/mol. The van der Waals surface area contributed by atoms with E-state index in [1.54, 1.807) is 0 Å². The van der Waals surface area contributed by atoms with Gasteiger partial charge in [-0.2, -0.15) is 5.26 Å². The molecule has 0 radical (unpaired) electrons. The van der Waals surface area contributed by atoms with Crippen molar-refractivity contribution in [2.24, 2.45) is 7.05 Å². The van der Waals surface area contributed by atoms with Gasteiger partial charge in [-0.15, -0.1) is 0 Å². The maximum atomic E-state index is 10.1. The molecule has 3 heteroatoms. The lowest BCUT2D eigenvalue weighted by Gasteiger charge is -2.23. The molecule has 0 spiro atoms.